The first-order chi connectivity index (χ1) is 15.1. The lowest BCUT2D eigenvalue weighted by Crippen LogP contribution is -2.35. The number of para-hydroxylation sites is 2. The summed E-state index contributed by atoms with van der Waals surface area (Å²) in [5.41, 5.74) is 6.32. The van der Waals surface area contributed by atoms with Crippen molar-refractivity contribution in [1.29, 1.82) is 0 Å². The van der Waals surface area contributed by atoms with Crippen LogP contribution in [0.15, 0.2) is 81.6 Å². The Morgan fingerprint density at radius 3 is 2.16 bits per heavy atom. The number of hydrazone groups is 1. The highest BCUT2D eigenvalue weighted by molar-refractivity contribution is 7.99. The summed E-state index contributed by atoms with van der Waals surface area (Å²) in [6, 6.07) is 21.4. The summed E-state index contributed by atoms with van der Waals surface area (Å²) in [6.07, 6.45) is 0. The molecule has 6 nitrogen and oxygen atoms in total. The van der Waals surface area contributed by atoms with Crippen molar-refractivity contribution in [3.8, 4) is 11.5 Å². The Kier molecular flexibility index (Phi) is 6.13. The van der Waals surface area contributed by atoms with E-state index in [1.165, 1.54) is 0 Å². The zero-order valence-electron chi connectivity index (χ0n) is 17.6. The number of ether oxygens (including phenoxy) is 2. The molecule has 3 aromatic rings. The molecule has 0 spiro atoms. The van der Waals surface area contributed by atoms with Gasteiger partial charge in [-0.3, -0.25) is 9.69 Å². The van der Waals surface area contributed by atoms with Crippen LogP contribution in [-0.2, 0) is 4.79 Å². The predicted octanol–water partition coefficient (Wildman–Crippen LogP) is 4.85. The van der Waals surface area contributed by atoms with Crippen molar-refractivity contribution in [3.63, 3.8) is 0 Å². The fraction of sp³-hybridized carbons (Fsp3) is 0.167. The van der Waals surface area contributed by atoms with E-state index in [0.717, 1.165) is 32.4 Å². The van der Waals surface area contributed by atoms with Gasteiger partial charge in [-0.2, -0.15) is 5.10 Å². The second-order valence-corrected chi connectivity index (χ2v) is 7.95. The molecule has 0 unspecified atom stereocenters. The standard InChI is InChI=1S/C24H23N3O3S/c1-16(17-12-13-20(29-2)21(14-17)30-3)26-25-15-24(28)27-18-8-4-6-10-22(18)31-23-11-7-5-9-19(23)27/h4-14,25H,15H2,1-3H3/b26-16-. The minimum Gasteiger partial charge on any atom is -0.493 e. The number of methoxy groups -OCH3 is 2. The van der Waals surface area contributed by atoms with E-state index >= 15 is 0 Å². The highest BCUT2D eigenvalue weighted by Gasteiger charge is 2.27. The number of carbonyl (C=O) groups is 1. The third-order valence-corrected chi connectivity index (χ3v) is 6.09. The van der Waals surface area contributed by atoms with Crippen molar-refractivity contribution in [2.24, 2.45) is 5.10 Å². The fourth-order valence-corrected chi connectivity index (χ4v) is 4.46. The number of amides is 1. The molecule has 0 fully saturated rings. The van der Waals surface area contributed by atoms with Crippen LogP contribution >= 0.6 is 11.8 Å². The predicted molar refractivity (Wildman–Crippen MR) is 124 cm³/mol. The normalized spacial score (nSPS) is 12.6. The largest absolute Gasteiger partial charge is 0.493 e. The van der Waals surface area contributed by atoms with Crippen molar-refractivity contribution in [2.75, 3.05) is 25.7 Å². The molecule has 31 heavy (non-hydrogen) atoms. The number of rotatable bonds is 6. The molecule has 1 amide bonds. The van der Waals surface area contributed by atoms with Crippen LogP contribution in [0.3, 0.4) is 0 Å². The summed E-state index contributed by atoms with van der Waals surface area (Å²) in [5, 5.41) is 4.39. The average molecular weight is 434 g/mol. The smallest absolute Gasteiger partial charge is 0.252 e. The Hall–Kier alpha value is -3.45. The first kappa shape index (κ1) is 20.8. The zero-order valence-corrected chi connectivity index (χ0v) is 18.4. The Bertz CT molecular complexity index is 1100. The number of nitrogens with zero attached hydrogens (tertiary/aromatic N) is 2. The van der Waals surface area contributed by atoms with Gasteiger partial charge >= 0.3 is 0 Å². The van der Waals surface area contributed by atoms with Gasteiger partial charge in [-0.1, -0.05) is 36.0 Å². The van der Waals surface area contributed by atoms with E-state index in [0.29, 0.717) is 11.5 Å². The van der Waals surface area contributed by atoms with Gasteiger partial charge in [0.15, 0.2) is 11.5 Å². The van der Waals surface area contributed by atoms with Crippen molar-refractivity contribution in [1.82, 2.24) is 5.43 Å². The average Bonchev–Trinajstić information content (AvgIpc) is 2.81. The topological polar surface area (TPSA) is 63.2 Å². The molecule has 0 saturated heterocycles. The van der Waals surface area contributed by atoms with Crippen LogP contribution in [-0.4, -0.2) is 32.4 Å². The number of anilines is 2. The van der Waals surface area contributed by atoms with Crippen LogP contribution in [0.25, 0.3) is 0 Å². The lowest BCUT2D eigenvalue weighted by molar-refractivity contribution is -0.117. The molecule has 1 N–H and O–H groups in total. The van der Waals surface area contributed by atoms with Gasteiger partial charge in [0.05, 0.1) is 31.3 Å². The fourth-order valence-electron chi connectivity index (χ4n) is 3.40. The third kappa shape index (κ3) is 4.22. The van der Waals surface area contributed by atoms with Crippen molar-refractivity contribution in [3.05, 3.63) is 72.3 Å². The molecule has 1 heterocycles. The summed E-state index contributed by atoms with van der Waals surface area (Å²) in [7, 11) is 3.19. The zero-order chi connectivity index (χ0) is 21.8. The maximum absolute atomic E-state index is 13.2. The molecule has 0 radical (unpaired) electrons. The minimum absolute atomic E-state index is 0.0674. The van der Waals surface area contributed by atoms with E-state index in [1.807, 2.05) is 73.7 Å². The van der Waals surface area contributed by atoms with Gasteiger partial charge in [-0.25, -0.2) is 0 Å². The van der Waals surface area contributed by atoms with E-state index in [-0.39, 0.29) is 12.5 Å². The Labute approximate surface area is 185 Å². The second kappa shape index (κ2) is 9.14. The molecule has 0 saturated carbocycles. The molecule has 7 heteroatoms. The van der Waals surface area contributed by atoms with E-state index in [2.05, 4.69) is 10.5 Å². The molecule has 3 aromatic carbocycles. The SMILES string of the molecule is COc1ccc(/C(C)=N\NCC(=O)N2c3ccccc3Sc3ccccc32)cc1OC. The third-order valence-electron chi connectivity index (χ3n) is 4.96. The Morgan fingerprint density at radius 1 is 0.935 bits per heavy atom. The van der Waals surface area contributed by atoms with Gasteiger partial charge in [-0.15, -0.1) is 0 Å². The number of benzene rings is 3. The number of hydrogen-bond donors (Lipinski definition) is 1. The lowest BCUT2D eigenvalue weighted by Gasteiger charge is -2.30. The van der Waals surface area contributed by atoms with Gasteiger partial charge in [0.1, 0.15) is 6.54 Å². The van der Waals surface area contributed by atoms with Crippen LogP contribution in [0, 0.1) is 0 Å². The van der Waals surface area contributed by atoms with Crippen molar-refractivity contribution < 1.29 is 14.3 Å². The quantitative estimate of drug-likeness (QED) is 0.445. The lowest BCUT2D eigenvalue weighted by atomic mass is 10.1. The molecular weight excluding hydrogens is 410 g/mol. The molecule has 1 aliphatic heterocycles. The number of fused-ring (bicyclic) bond motifs is 2. The molecule has 0 aromatic heterocycles. The summed E-state index contributed by atoms with van der Waals surface area (Å²) in [6.45, 7) is 1.94. The van der Waals surface area contributed by atoms with E-state index in [1.54, 1.807) is 30.9 Å². The molecular formula is C24H23N3O3S. The Balaban J connectivity index is 1.52. The number of nitrogens with one attached hydrogen (secondary N) is 1. The van der Waals surface area contributed by atoms with Gasteiger partial charge in [0.25, 0.3) is 5.91 Å². The van der Waals surface area contributed by atoms with Crippen LogP contribution < -0.4 is 19.8 Å². The molecule has 0 bridgehead atoms. The second-order valence-electron chi connectivity index (χ2n) is 6.87. The van der Waals surface area contributed by atoms with E-state index in [4.69, 9.17) is 9.47 Å². The first-order valence-electron chi connectivity index (χ1n) is 9.80. The van der Waals surface area contributed by atoms with Crippen molar-refractivity contribution in [2.45, 2.75) is 16.7 Å². The summed E-state index contributed by atoms with van der Waals surface area (Å²) in [4.78, 5) is 17.0. The molecule has 4 rings (SSSR count). The van der Waals surface area contributed by atoms with Crippen molar-refractivity contribution >= 4 is 34.8 Å². The van der Waals surface area contributed by atoms with Crippen LogP contribution in [0.1, 0.15) is 12.5 Å². The van der Waals surface area contributed by atoms with Gasteiger partial charge in [-0.05, 0) is 49.4 Å². The van der Waals surface area contributed by atoms with Crippen LogP contribution in [0.4, 0.5) is 11.4 Å². The maximum atomic E-state index is 13.2. The number of hydrogen-bond acceptors (Lipinski definition) is 6. The molecule has 0 aliphatic carbocycles. The van der Waals surface area contributed by atoms with Gasteiger partial charge in [0, 0.05) is 15.4 Å². The molecule has 158 valence electrons. The van der Waals surface area contributed by atoms with E-state index < -0.39 is 0 Å². The highest BCUT2D eigenvalue weighted by atomic mass is 32.2. The first-order valence-corrected chi connectivity index (χ1v) is 10.6. The monoisotopic (exact) mass is 433 g/mol. The van der Waals surface area contributed by atoms with Gasteiger partial charge in [0.2, 0.25) is 0 Å². The van der Waals surface area contributed by atoms with Crippen LogP contribution in [0.2, 0.25) is 0 Å². The Morgan fingerprint density at radius 2 is 1.55 bits per heavy atom. The summed E-state index contributed by atoms with van der Waals surface area (Å²) < 4.78 is 10.6. The highest BCUT2D eigenvalue weighted by Crippen LogP contribution is 2.47. The molecule has 0 atom stereocenters. The minimum atomic E-state index is -0.0796. The maximum Gasteiger partial charge on any atom is 0.252 e. The summed E-state index contributed by atoms with van der Waals surface area (Å²) >= 11 is 1.67. The summed E-state index contributed by atoms with van der Waals surface area (Å²) in [5.74, 6) is 1.20. The van der Waals surface area contributed by atoms with Gasteiger partial charge < -0.3 is 14.9 Å². The van der Waals surface area contributed by atoms with E-state index in [9.17, 15) is 4.79 Å². The molecule has 1 aliphatic rings. The number of carbonyl (C=O) groups excluding carboxylic acids is 1. The van der Waals surface area contributed by atoms with Crippen LogP contribution in [0.5, 0.6) is 11.5 Å².